The summed E-state index contributed by atoms with van der Waals surface area (Å²) in [5.74, 6) is -1.55. The molecule has 7 nitrogen and oxygen atoms in total. The van der Waals surface area contributed by atoms with E-state index in [1.807, 2.05) is 6.07 Å². The summed E-state index contributed by atoms with van der Waals surface area (Å²) in [7, 11) is 1.57. The van der Waals surface area contributed by atoms with E-state index in [9.17, 15) is 14.4 Å². The van der Waals surface area contributed by atoms with Crippen LogP contribution in [0.25, 0.3) is 0 Å². The highest BCUT2D eigenvalue weighted by Gasteiger charge is 2.74. The Morgan fingerprint density at radius 1 is 1.10 bits per heavy atom. The topological polar surface area (TPSA) is 79.0 Å². The summed E-state index contributed by atoms with van der Waals surface area (Å²) in [5.41, 5.74) is 0.666. The van der Waals surface area contributed by atoms with E-state index in [4.69, 9.17) is 16.3 Å². The van der Waals surface area contributed by atoms with Gasteiger partial charge in [0.1, 0.15) is 11.3 Å². The van der Waals surface area contributed by atoms with Crippen LogP contribution in [0.1, 0.15) is 18.4 Å². The van der Waals surface area contributed by atoms with Gasteiger partial charge in [0.05, 0.1) is 24.6 Å². The standard InChI is InChI=1S/C23H20ClN3O4/c1-31-14-8-9-16-15(11-14)23(22(30)25-16)19-18(17-3-2-10-26(17)23)20(28)27(21(19)29)13-6-4-12(24)5-7-13/h4-9,11,17-19H,2-3,10H2,1H3,(H,25,30)/t17-,18+,19-,23-/m0/s1. The van der Waals surface area contributed by atoms with Crippen LogP contribution in [0.4, 0.5) is 11.4 Å². The van der Waals surface area contributed by atoms with E-state index in [1.54, 1.807) is 43.5 Å². The highest BCUT2D eigenvalue weighted by molar-refractivity contribution is 6.31. The largest absolute Gasteiger partial charge is 0.497 e. The lowest BCUT2D eigenvalue weighted by molar-refractivity contribution is -0.135. The molecule has 3 fully saturated rings. The Kier molecular flexibility index (Phi) is 3.83. The molecule has 0 radical (unpaired) electrons. The van der Waals surface area contributed by atoms with Crippen molar-refractivity contribution in [3.8, 4) is 5.75 Å². The van der Waals surface area contributed by atoms with Crippen LogP contribution in [-0.4, -0.2) is 42.3 Å². The summed E-state index contributed by atoms with van der Waals surface area (Å²) in [6, 6.07) is 11.9. The number of halogens is 1. The summed E-state index contributed by atoms with van der Waals surface area (Å²) in [6.07, 6.45) is 1.66. The molecule has 1 spiro atoms. The molecule has 1 N–H and O–H groups in total. The zero-order valence-electron chi connectivity index (χ0n) is 16.8. The first-order valence-electron chi connectivity index (χ1n) is 10.4. The van der Waals surface area contributed by atoms with Crippen LogP contribution in [0.2, 0.25) is 5.02 Å². The van der Waals surface area contributed by atoms with Crippen molar-refractivity contribution in [2.24, 2.45) is 11.8 Å². The SMILES string of the molecule is COc1ccc2c(c1)[C@@]1(C(=O)N2)[C@@H]2C(=O)N(c3ccc(Cl)cc3)C(=O)[C@@H]2[C@@H]2CCCN21. The van der Waals surface area contributed by atoms with Gasteiger partial charge in [0.2, 0.25) is 17.7 Å². The van der Waals surface area contributed by atoms with Gasteiger partial charge in [0, 0.05) is 22.3 Å². The van der Waals surface area contributed by atoms with E-state index < -0.39 is 17.4 Å². The van der Waals surface area contributed by atoms with Crippen molar-refractivity contribution >= 4 is 40.7 Å². The van der Waals surface area contributed by atoms with Crippen molar-refractivity contribution < 1.29 is 19.1 Å². The lowest BCUT2D eigenvalue weighted by Gasteiger charge is -2.36. The lowest BCUT2D eigenvalue weighted by Crippen LogP contribution is -2.54. The molecule has 0 unspecified atom stereocenters. The molecule has 2 aromatic rings. The molecular formula is C23H20ClN3O4. The maximum atomic E-state index is 13.8. The van der Waals surface area contributed by atoms with Crippen LogP contribution in [-0.2, 0) is 19.9 Å². The number of hydrogen-bond acceptors (Lipinski definition) is 5. The number of rotatable bonds is 2. The predicted molar refractivity (Wildman–Crippen MR) is 114 cm³/mol. The van der Waals surface area contributed by atoms with E-state index in [0.29, 0.717) is 28.7 Å². The fraction of sp³-hybridized carbons (Fsp3) is 0.348. The second kappa shape index (κ2) is 6.31. The van der Waals surface area contributed by atoms with E-state index >= 15 is 0 Å². The normalized spacial score (nSPS) is 31.2. The van der Waals surface area contributed by atoms with Gasteiger partial charge in [0.25, 0.3) is 0 Å². The average Bonchev–Trinajstić information content (AvgIpc) is 3.47. The monoisotopic (exact) mass is 437 g/mol. The van der Waals surface area contributed by atoms with Gasteiger partial charge in [-0.2, -0.15) is 0 Å². The molecule has 4 aliphatic heterocycles. The Morgan fingerprint density at radius 3 is 2.61 bits per heavy atom. The Bertz CT molecular complexity index is 1150. The van der Waals surface area contributed by atoms with Crippen molar-refractivity contribution in [1.29, 1.82) is 0 Å². The number of anilines is 2. The van der Waals surface area contributed by atoms with Crippen LogP contribution in [0.15, 0.2) is 42.5 Å². The lowest BCUT2D eigenvalue weighted by atomic mass is 9.75. The van der Waals surface area contributed by atoms with E-state index in [-0.39, 0.29) is 23.8 Å². The minimum atomic E-state index is -1.20. The van der Waals surface area contributed by atoms with E-state index in [0.717, 1.165) is 18.4 Å². The first kappa shape index (κ1) is 18.8. The summed E-state index contributed by atoms with van der Waals surface area (Å²) in [4.78, 5) is 44.3. The predicted octanol–water partition coefficient (Wildman–Crippen LogP) is 2.78. The number of imide groups is 1. The summed E-state index contributed by atoms with van der Waals surface area (Å²) in [5, 5.41) is 3.49. The molecule has 4 atom stereocenters. The molecule has 0 aromatic heterocycles. The number of amides is 3. The maximum Gasteiger partial charge on any atom is 0.250 e. The van der Waals surface area contributed by atoms with Gasteiger partial charge in [-0.3, -0.25) is 19.3 Å². The van der Waals surface area contributed by atoms with Gasteiger partial charge in [-0.1, -0.05) is 11.6 Å². The first-order valence-corrected chi connectivity index (χ1v) is 10.8. The Morgan fingerprint density at radius 2 is 1.87 bits per heavy atom. The fourth-order valence-corrected chi connectivity index (χ4v) is 6.28. The second-order valence-corrected chi connectivity index (χ2v) is 8.96. The van der Waals surface area contributed by atoms with Crippen molar-refractivity contribution in [3.63, 3.8) is 0 Å². The molecular weight excluding hydrogens is 418 g/mol. The highest BCUT2D eigenvalue weighted by Crippen LogP contribution is 2.61. The van der Waals surface area contributed by atoms with E-state index in [1.165, 1.54) is 4.90 Å². The number of carbonyl (C=O) groups excluding carboxylic acids is 3. The van der Waals surface area contributed by atoms with Gasteiger partial charge >= 0.3 is 0 Å². The van der Waals surface area contributed by atoms with Crippen molar-refractivity contribution in [2.45, 2.75) is 24.4 Å². The number of benzene rings is 2. The molecule has 4 aliphatic rings. The molecule has 6 rings (SSSR count). The van der Waals surface area contributed by atoms with Gasteiger partial charge < -0.3 is 10.1 Å². The quantitative estimate of drug-likeness (QED) is 0.731. The second-order valence-electron chi connectivity index (χ2n) is 8.53. The molecule has 4 heterocycles. The molecule has 3 saturated heterocycles. The van der Waals surface area contributed by atoms with E-state index in [2.05, 4.69) is 10.2 Å². The van der Waals surface area contributed by atoms with Crippen LogP contribution in [0.5, 0.6) is 5.75 Å². The van der Waals surface area contributed by atoms with Gasteiger partial charge in [-0.25, -0.2) is 4.90 Å². The van der Waals surface area contributed by atoms with Gasteiger partial charge in [-0.05, 0) is 61.9 Å². The van der Waals surface area contributed by atoms with Gasteiger partial charge in [-0.15, -0.1) is 0 Å². The third-order valence-electron chi connectivity index (χ3n) is 7.28. The number of nitrogens with zero attached hydrogens (tertiary/aromatic N) is 2. The average molecular weight is 438 g/mol. The molecule has 3 amide bonds. The zero-order valence-corrected chi connectivity index (χ0v) is 17.6. The van der Waals surface area contributed by atoms with Crippen molar-refractivity contribution in [2.75, 3.05) is 23.9 Å². The molecule has 2 aromatic carbocycles. The number of nitrogens with one attached hydrogen (secondary N) is 1. The first-order chi connectivity index (χ1) is 15.0. The summed E-state index contributed by atoms with van der Waals surface area (Å²) < 4.78 is 5.42. The van der Waals surface area contributed by atoms with Crippen molar-refractivity contribution in [3.05, 3.63) is 53.1 Å². The molecule has 8 heteroatoms. The molecule has 0 aliphatic carbocycles. The molecule has 158 valence electrons. The minimum Gasteiger partial charge on any atom is -0.497 e. The summed E-state index contributed by atoms with van der Waals surface area (Å²) >= 11 is 6.00. The van der Waals surface area contributed by atoms with Crippen LogP contribution >= 0.6 is 11.6 Å². The maximum absolute atomic E-state index is 13.8. The minimum absolute atomic E-state index is 0.151. The molecule has 0 bridgehead atoms. The number of methoxy groups -OCH3 is 1. The fourth-order valence-electron chi connectivity index (χ4n) is 6.15. The van der Waals surface area contributed by atoms with Crippen molar-refractivity contribution in [1.82, 2.24) is 4.90 Å². The van der Waals surface area contributed by atoms with Gasteiger partial charge in [0.15, 0.2) is 0 Å². The Balaban J connectivity index is 1.55. The van der Waals surface area contributed by atoms with Crippen LogP contribution < -0.4 is 15.0 Å². The Labute approximate surface area is 183 Å². The highest BCUT2D eigenvalue weighted by atomic mass is 35.5. The van der Waals surface area contributed by atoms with Crippen LogP contribution in [0.3, 0.4) is 0 Å². The zero-order chi connectivity index (χ0) is 21.5. The van der Waals surface area contributed by atoms with Crippen LogP contribution in [0, 0.1) is 11.8 Å². The molecule has 0 saturated carbocycles. The molecule has 31 heavy (non-hydrogen) atoms. The Hall–Kier alpha value is -2.90. The number of fused-ring (bicyclic) bond motifs is 7. The number of ether oxygens (including phenoxy) is 1. The summed E-state index contributed by atoms with van der Waals surface area (Å²) in [6.45, 7) is 0.670. The smallest absolute Gasteiger partial charge is 0.250 e. The third kappa shape index (κ3) is 2.20. The number of carbonyl (C=O) groups is 3. The number of hydrogen-bond donors (Lipinski definition) is 1. The third-order valence-corrected chi connectivity index (χ3v) is 7.54.